The Morgan fingerprint density at radius 3 is 1.84 bits per heavy atom. The Bertz CT molecular complexity index is 596. The van der Waals surface area contributed by atoms with Crippen LogP contribution >= 0.6 is 0 Å². The fourth-order valence-corrected chi connectivity index (χ4v) is 7.61. The molecule has 0 aliphatic carbocycles. The average Bonchev–Trinajstić information content (AvgIpc) is 2.43. The van der Waals surface area contributed by atoms with Gasteiger partial charge in [0.25, 0.3) is 8.41 Å². The summed E-state index contributed by atoms with van der Waals surface area (Å²) < 4.78 is 16.2. The number of pyridine rings is 1. The van der Waals surface area contributed by atoms with Gasteiger partial charge in [-0.25, -0.2) is 9.78 Å². The molecule has 4 nitrogen and oxygen atoms in total. The van der Waals surface area contributed by atoms with Crippen molar-refractivity contribution in [2.24, 2.45) is 5.41 Å². The predicted octanol–water partition coefficient (Wildman–Crippen LogP) is 4.74. The summed E-state index contributed by atoms with van der Waals surface area (Å²) in [6.45, 7) is 17.1. The van der Waals surface area contributed by atoms with Crippen molar-refractivity contribution in [3.8, 4) is 0 Å². The largest absolute Gasteiger partial charge is 0.339 e. The summed E-state index contributed by atoms with van der Waals surface area (Å²) in [5, 5.41) is 1.07. The summed E-state index contributed by atoms with van der Waals surface area (Å²) in [6.07, 6.45) is 1.60. The van der Waals surface area contributed by atoms with Gasteiger partial charge in [-0.3, -0.25) is 0 Å². The van der Waals surface area contributed by atoms with E-state index in [9.17, 15) is 4.79 Å². The molecule has 142 valence electrons. The van der Waals surface area contributed by atoms with Crippen molar-refractivity contribution in [2.45, 2.75) is 72.4 Å². The van der Waals surface area contributed by atoms with Crippen LogP contribution in [0.1, 0.15) is 62.3 Å². The molecule has 0 amide bonds. The molecule has 0 unspecified atom stereocenters. The first-order chi connectivity index (χ1) is 11.0. The fourth-order valence-electron chi connectivity index (χ4n) is 3.08. The van der Waals surface area contributed by atoms with Crippen molar-refractivity contribution < 1.29 is 13.7 Å². The van der Waals surface area contributed by atoms with Gasteiger partial charge in [-0.2, -0.15) is 5.06 Å². The Kier molecular flexibility index (Phi) is 5.80. The number of hydroxylamine groups is 1. The van der Waals surface area contributed by atoms with E-state index in [1.165, 1.54) is 5.06 Å². The first-order valence-electron chi connectivity index (χ1n) is 8.63. The minimum absolute atomic E-state index is 0.348. The maximum Gasteiger partial charge on any atom is 0.337 e. The van der Waals surface area contributed by atoms with Crippen molar-refractivity contribution in [1.82, 2.24) is 4.98 Å². The normalized spacial score (nSPS) is 13.6. The summed E-state index contributed by atoms with van der Waals surface area (Å²) in [6, 6.07) is 3.50. The van der Waals surface area contributed by atoms with Crippen molar-refractivity contribution in [2.75, 3.05) is 12.1 Å². The highest BCUT2D eigenvalue weighted by Crippen LogP contribution is 2.51. The minimum atomic E-state index is -3.34. The Balaban J connectivity index is 3.15. The quantitative estimate of drug-likeness (QED) is 0.439. The second kappa shape index (κ2) is 6.70. The molecule has 0 saturated carbocycles. The smallest absolute Gasteiger partial charge is 0.337 e. The highest BCUT2D eigenvalue weighted by Gasteiger charge is 2.56. The molecule has 0 atom stereocenters. The molecular weight excluding hydrogens is 335 g/mol. The molecule has 0 aliphatic heterocycles. The van der Waals surface area contributed by atoms with Crippen LogP contribution in [0.4, 0.5) is 9.93 Å². The van der Waals surface area contributed by atoms with Crippen molar-refractivity contribution in [3.63, 3.8) is 0 Å². The highest BCUT2D eigenvalue weighted by atomic mass is 28.4. The van der Waals surface area contributed by atoms with Crippen LogP contribution in [0, 0.1) is 5.41 Å². The zero-order valence-electron chi connectivity index (χ0n) is 17.3. The third kappa shape index (κ3) is 4.40. The lowest BCUT2D eigenvalue weighted by molar-refractivity contribution is -0.153. The van der Waals surface area contributed by atoms with Gasteiger partial charge in [0.15, 0.2) is 5.82 Å². The molecule has 0 radical (unpaired) electrons. The average molecular weight is 369 g/mol. The van der Waals surface area contributed by atoms with Crippen LogP contribution in [0.2, 0.25) is 10.1 Å². The molecule has 0 spiro atoms. The molecule has 1 rings (SSSR count). The van der Waals surface area contributed by atoms with Gasteiger partial charge in [-0.15, -0.1) is 0 Å². The summed E-state index contributed by atoms with van der Waals surface area (Å²) in [5.74, 6) is 0.125. The predicted molar refractivity (Wildman–Crippen MR) is 104 cm³/mol. The zero-order chi connectivity index (χ0) is 19.8. The number of carbonyl (C=O) groups excluding carboxylic acids is 1. The molecule has 1 heterocycles. The maximum absolute atomic E-state index is 16.2. The fraction of sp³-hybridized carbons (Fsp3) is 0.684. The molecule has 0 fully saturated rings. The Hall–Kier alpha value is -1.43. The SMILES string of the molecule is CN(OC(=O)C(C)(C)C)c1ccc([Si](F)(C(C)(C)C)C(C)(C)C)cn1. The van der Waals surface area contributed by atoms with Crippen LogP contribution in [0.3, 0.4) is 0 Å². The topological polar surface area (TPSA) is 42.4 Å². The van der Waals surface area contributed by atoms with Crippen molar-refractivity contribution >= 4 is 25.4 Å². The van der Waals surface area contributed by atoms with Crippen LogP contribution < -0.4 is 10.2 Å². The third-order valence-corrected chi connectivity index (χ3v) is 9.59. The van der Waals surface area contributed by atoms with Gasteiger partial charge in [-0.1, -0.05) is 47.6 Å². The van der Waals surface area contributed by atoms with E-state index >= 15 is 4.11 Å². The highest BCUT2D eigenvalue weighted by molar-refractivity contribution is 6.90. The Labute approximate surface area is 152 Å². The second-order valence-corrected chi connectivity index (χ2v) is 14.6. The zero-order valence-corrected chi connectivity index (χ0v) is 18.3. The Morgan fingerprint density at radius 1 is 1.04 bits per heavy atom. The van der Waals surface area contributed by atoms with E-state index < -0.39 is 23.9 Å². The van der Waals surface area contributed by atoms with Crippen LogP contribution in [0.25, 0.3) is 0 Å². The number of halogens is 1. The van der Waals surface area contributed by atoms with Gasteiger partial charge < -0.3 is 8.95 Å². The number of aromatic nitrogens is 1. The molecule has 0 bridgehead atoms. The van der Waals surface area contributed by atoms with E-state index in [4.69, 9.17) is 4.84 Å². The number of carbonyl (C=O) groups is 1. The van der Waals surface area contributed by atoms with Gasteiger partial charge >= 0.3 is 5.97 Å². The second-order valence-electron chi connectivity index (χ2n) is 9.69. The third-order valence-electron chi connectivity index (χ3n) is 4.37. The number of hydrogen-bond acceptors (Lipinski definition) is 4. The van der Waals surface area contributed by atoms with Crippen LogP contribution in [0.5, 0.6) is 0 Å². The van der Waals surface area contributed by atoms with E-state index in [1.54, 1.807) is 46.1 Å². The van der Waals surface area contributed by atoms with E-state index in [-0.39, 0.29) is 5.97 Å². The van der Waals surface area contributed by atoms with Crippen molar-refractivity contribution in [3.05, 3.63) is 18.3 Å². The molecule has 0 aromatic carbocycles. The molecular formula is C19H33FN2O2Si. The lowest BCUT2D eigenvalue weighted by Crippen LogP contribution is -2.58. The van der Waals surface area contributed by atoms with Gasteiger partial charge in [0.2, 0.25) is 0 Å². The molecule has 25 heavy (non-hydrogen) atoms. The first kappa shape index (κ1) is 21.6. The monoisotopic (exact) mass is 368 g/mol. The van der Waals surface area contributed by atoms with Crippen LogP contribution in [-0.4, -0.2) is 26.4 Å². The maximum atomic E-state index is 16.2. The van der Waals surface area contributed by atoms with E-state index in [0.29, 0.717) is 11.0 Å². The lowest BCUT2D eigenvalue weighted by Gasteiger charge is -2.44. The van der Waals surface area contributed by atoms with Crippen LogP contribution in [0.15, 0.2) is 18.3 Å². The molecule has 0 saturated heterocycles. The molecule has 0 N–H and O–H groups in total. The van der Waals surface area contributed by atoms with Gasteiger partial charge in [0, 0.05) is 13.2 Å². The standard InChI is InChI=1S/C19H33FN2O2Si/c1-17(2,3)16(23)24-22(10)15-12-11-14(13-21-15)25(20,18(4,5)6)19(7,8)9/h11-13H,1-10H3. The number of rotatable bonds is 3. The summed E-state index contributed by atoms with van der Waals surface area (Å²) in [7, 11) is -1.71. The minimum Gasteiger partial charge on any atom is -0.339 e. The van der Waals surface area contributed by atoms with E-state index in [2.05, 4.69) is 4.98 Å². The number of hydrogen-bond donors (Lipinski definition) is 0. The summed E-state index contributed by atoms with van der Waals surface area (Å²) in [5.41, 5.74) is -0.603. The molecule has 1 aromatic rings. The van der Waals surface area contributed by atoms with Crippen molar-refractivity contribution in [1.29, 1.82) is 0 Å². The summed E-state index contributed by atoms with van der Waals surface area (Å²) >= 11 is 0. The first-order valence-corrected chi connectivity index (χ1v) is 10.5. The molecule has 1 aromatic heterocycles. The van der Waals surface area contributed by atoms with Gasteiger partial charge in [0.1, 0.15) is 0 Å². The van der Waals surface area contributed by atoms with E-state index in [1.807, 2.05) is 41.5 Å². The molecule has 6 heteroatoms. The summed E-state index contributed by atoms with van der Waals surface area (Å²) in [4.78, 5) is 21.7. The van der Waals surface area contributed by atoms with Gasteiger partial charge in [0.05, 0.1) is 5.41 Å². The van der Waals surface area contributed by atoms with Crippen LogP contribution in [-0.2, 0) is 9.63 Å². The van der Waals surface area contributed by atoms with E-state index in [0.717, 1.165) is 0 Å². The Morgan fingerprint density at radius 2 is 1.52 bits per heavy atom. The van der Waals surface area contributed by atoms with Gasteiger partial charge in [-0.05, 0) is 42.1 Å². The number of anilines is 1. The number of nitrogens with zero attached hydrogens (tertiary/aromatic N) is 2. The lowest BCUT2D eigenvalue weighted by atomic mass is 9.98. The molecule has 0 aliphatic rings.